The van der Waals surface area contributed by atoms with Crippen LogP contribution in [-0.4, -0.2) is 10.5 Å². The van der Waals surface area contributed by atoms with Gasteiger partial charge in [-0.05, 0) is 12.1 Å². The van der Waals surface area contributed by atoms with Crippen LogP contribution in [0.25, 0.3) is 0 Å². The zero-order valence-corrected chi connectivity index (χ0v) is 8.45. The van der Waals surface area contributed by atoms with Crippen molar-refractivity contribution >= 4 is 28.5 Å². The van der Waals surface area contributed by atoms with Crippen LogP contribution in [0.5, 0.6) is 0 Å². The maximum atomic E-state index is 11.2. The highest BCUT2D eigenvalue weighted by atomic mass is 127. The number of amides is 1. The molecule has 0 bridgehead atoms. The second-order valence-electron chi connectivity index (χ2n) is 2.05. The number of benzene rings is 1. The summed E-state index contributed by atoms with van der Waals surface area (Å²) < 4.78 is 0.441. The lowest BCUT2D eigenvalue weighted by Gasteiger charge is -2.01. The van der Waals surface area contributed by atoms with Crippen LogP contribution in [0.15, 0.2) is 30.3 Å². The number of halogens is 1. The maximum Gasteiger partial charge on any atom is 0.274 e. The average Bonchev–Trinajstić information content (AvgIpc) is 2.15. The van der Waals surface area contributed by atoms with Crippen molar-refractivity contribution in [1.29, 1.82) is 0 Å². The van der Waals surface area contributed by atoms with Crippen LogP contribution in [0.2, 0.25) is 0 Å². The first-order valence-corrected chi connectivity index (χ1v) is 4.90. The molecule has 0 saturated carbocycles. The van der Waals surface area contributed by atoms with Crippen molar-refractivity contribution in [2.75, 3.05) is 4.61 Å². The SMILES string of the molecule is O=C(NOCI)c1ccccc1. The van der Waals surface area contributed by atoms with Gasteiger partial charge in [0, 0.05) is 5.56 Å². The molecule has 0 aliphatic heterocycles. The van der Waals surface area contributed by atoms with E-state index in [1.165, 1.54) is 0 Å². The van der Waals surface area contributed by atoms with Crippen LogP contribution < -0.4 is 5.48 Å². The fourth-order valence-electron chi connectivity index (χ4n) is 0.741. The largest absolute Gasteiger partial charge is 0.274 e. The quantitative estimate of drug-likeness (QED) is 0.519. The molecule has 1 aromatic carbocycles. The van der Waals surface area contributed by atoms with Crippen LogP contribution in [0.1, 0.15) is 10.4 Å². The Morgan fingerprint density at radius 3 is 2.67 bits per heavy atom. The summed E-state index contributed by atoms with van der Waals surface area (Å²) >= 11 is 2.00. The number of rotatable bonds is 3. The van der Waals surface area contributed by atoms with Crippen LogP contribution in [0.3, 0.4) is 0 Å². The van der Waals surface area contributed by atoms with Crippen molar-refractivity contribution in [3.8, 4) is 0 Å². The molecule has 0 radical (unpaired) electrons. The molecule has 0 saturated heterocycles. The minimum atomic E-state index is -0.215. The Bertz CT molecular complexity index is 250. The molecule has 0 spiro atoms. The Morgan fingerprint density at radius 1 is 1.42 bits per heavy atom. The molecule has 0 aliphatic rings. The summed E-state index contributed by atoms with van der Waals surface area (Å²) in [6.45, 7) is 0. The summed E-state index contributed by atoms with van der Waals surface area (Å²) in [6.07, 6.45) is 0. The van der Waals surface area contributed by atoms with Crippen molar-refractivity contribution in [3.05, 3.63) is 35.9 Å². The highest BCUT2D eigenvalue weighted by Crippen LogP contribution is 1.97. The van der Waals surface area contributed by atoms with Crippen LogP contribution in [0, 0.1) is 0 Å². The summed E-state index contributed by atoms with van der Waals surface area (Å²) in [5, 5.41) is 0. The van der Waals surface area contributed by atoms with Gasteiger partial charge in [-0.15, -0.1) is 0 Å². The molecule has 12 heavy (non-hydrogen) atoms. The summed E-state index contributed by atoms with van der Waals surface area (Å²) in [4.78, 5) is 15.9. The first-order valence-electron chi connectivity index (χ1n) is 3.37. The number of carbonyl (C=O) groups excluding carboxylic acids is 1. The highest BCUT2D eigenvalue weighted by molar-refractivity contribution is 14.1. The minimum absolute atomic E-state index is 0.215. The smallest absolute Gasteiger partial charge is 0.267 e. The number of nitrogens with one attached hydrogen (secondary N) is 1. The van der Waals surface area contributed by atoms with Crippen molar-refractivity contribution < 1.29 is 9.63 Å². The third-order valence-electron chi connectivity index (χ3n) is 1.26. The fourth-order valence-corrected chi connectivity index (χ4v) is 0.897. The Labute approximate surface area is 84.2 Å². The van der Waals surface area contributed by atoms with Gasteiger partial charge >= 0.3 is 0 Å². The molecular weight excluding hydrogens is 269 g/mol. The molecule has 1 amide bonds. The van der Waals surface area contributed by atoms with Crippen LogP contribution >= 0.6 is 22.6 Å². The molecule has 1 N–H and O–H groups in total. The van der Waals surface area contributed by atoms with E-state index >= 15 is 0 Å². The van der Waals surface area contributed by atoms with Gasteiger partial charge in [0.2, 0.25) is 0 Å². The van der Waals surface area contributed by atoms with Gasteiger partial charge in [-0.25, -0.2) is 5.48 Å². The molecule has 0 aliphatic carbocycles. The normalized spacial score (nSPS) is 9.42. The summed E-state index contributed by atoms with van der Waals surface area (Å²) in [5.41, 5.74) is 2.90. The molecular formula is C8H8INO2. The second kappa shape index (κ2) is 5.10. The molecule has 64 valence electrons. The van der Waals surface area contributed by atoms with Gasteiger partial charge in [0.25, 0.3) is 5.91 Å². The zero-order chi connectivity index (χ0) is 8.81. The highest BCUT2D eigenvalue weighted by Gasteiger charge is 2.01. The fraction of sp³-hybridized carbons (Fsp3) is 0.125. The lowest BCUT2D eigenvalue weighted by Crippen LogP contribution is -2.22. The van der Waals surface area contributed by atoms with Gasteiger partial charge in [0.15, 0.2) is 0 Å². The molecule has 1 rings (SSSR count). The van der Waals surface area contributed by atoms with E-state index in [0.29, 0.717) is 10.2 Å². The van der Waals surface area contributed by atoms with Gasteiger partial charge in [0.1, 0.15) is 4.61 Å². The average molecular weight is 277 g/mol. The topological polar surface area (TPSA) is 38.3 Å². The Morgan fingerprint density at radius 2 is 2.08 bits per heavy atom. The predicted molar refractivity (Wildman–Crippen MR) is 53.9 cm³/mol. The van der Waals surface area contributed by atoms with E-state index in [4.69, 9.17) is 4.84 Å². The standard InChI is InChI=1S/C8H8INO2/c9-6-12-10-8(11)7-4-2-1-3-5-7/h1-5H,6H2,(H,10,11). The van der Waals surface area contributed by atoms with Crippen molar-refractivity contribution in [1.82, 2.24) is 5.48 Å². The van der Waals surface area contributed by atoms with Gasteiger partial charge < -0.3 is 0 Å². The van der Waals surface area contributed by atoms with E-state index in [-0.39, 0.29) is 5.91 Å². The third-order valence-corrected chi connectivity index (χ3v) is 1.57. The number of hydrogen-bond donors (Lipinski definition) is 1. The molecule has 3 nitrogen and oxygen atoms in total. The molecule has 4 heteroatoms. The summed E-state index contributed by atoms with van der Waals surface area (Å²) in [6, 6.07) is 8.92. The van der Waals surface area contributed by atoms with Gasteiger partial charge in [0.05, 0.1) is 0 Å². The number of hydrogen-bond acceptors (Lipinski definition) is 2. The second-order valence-corrected chi connectivity index (χ2v) is 2.67. The number of carbonyl (C=O) groups is 1. The van der Waals surface area contributed by atoms with Gasteiger partial charge in [-0.1, -0.05) is 40.8 Å². The molecule has 0 unspecified atom stereocenters. The van der Waals surface area contributed by atoms with E-state index in [0.717, 1.165) is 0 Å². The van der Waals surface area contributed by atoms with E-state index in [1.807, 2.05) is 28.7 Å². The van der Waals surface area contributed by atoms with E-state index in [1.54, 1.807) is 24.3 Å². The molecule has 0 aromatic heterocycles. The number of hydroxylamine groups is 1. The van der Waals surface area contributed by atoms with Gasteiger partial charge in [-0.3, -0.25) is 9.63 Å². The van der Waals surface area contributed by atoms with E-state index < -0.39 is 0 Å². The minimum Gasteiger partial charge on any atom is -0.267 e. The Hall–Kier alpha value is -0.620. The Kier molecular flexibility index (Phi) is 4.02. The van der Waals surface area contributed by atoms with Crippen LogP contribution in [0.4, 0.5) is 0 Å². The maximum absolute atomic E-state index is 11.2. The first kappa shape index (κ1) is 9.47. The Balaban J connectivity index is 2.54. The molecule has 0 atom stereocenters. The van der Waals surface area contributed by atoms with Crippen molar-refractivity contribution in [2.24, 2.45) is 0 Å². The third kappa shape index (κ3) is 2.78. The van der Waals surface area contributed by atoms with E-state index in [9.17, 15) is 4.79 Å². The van der Waals surface area contributed by atoms with Gasteiger partial charge in [-0.2, -0.15) is 0 Å². The summed E-state index contributed by atoms with van der Waals surface area (Å²) in [5.74, 6) is -0.215. The summed E-state index contributed by atoms with van der Waals surface area (Å²) in [7, 11) is 0. The molecule has 1 aromatic rings. The van der Waals surface area contributed by atoms with Crippen molar-refractivity contribution in [3.63, 3.8) is 0 Å². The lowest BCUT2D eigenvalue weighted by atomic mass is 10.2. The number of alkyl halides is 1. The van der Waals surface area contributed by atoms with E-state index in [2.05, 4.69) is 5.48 Å². The first-order chi connectivity index (χ1) is 5.84. The predicted octanol–water partition coefficient (Wildman–Crippen LogP) is 1.74. The monoisotopic (exact) mass is 277 g/mol. The van der Waals surface area contributed by atoms with Crippen molar-refractivity contribution in [2.45, 2.75) is 0 Å². The van der Waals surface area contributed by atoms with Crippen LogP contribution in [-0.2, 0) is 4.84 Å². The molecule has 0 heterocycles. The molecule has 0 fully saturated rings. The lowest BCUT2D eigenvalue weighted by molar-refractivity contribution is 0.0515. The zero-order valence-electron chi connectivity index (χ0n) is 6.29.